The summed E-state index contributed by atoms with van der Waals surface area (Å²) in [7, 11) is 3.97. The summed E-state index contributed by atoms with van der Waals surface area (Å²) in [4.78, 5) is 33.9. The molecule has 0 aliphatic carbocycles. The van der Waals surface area contributed by atoms with Gasteiger partial charge in [0.1, 0.15) is 5.70 Å². The molecule has 0 aromatic heterocycles. The minimum absolute atomic E-state index is 0.0822. The Morgan fingerprint density at radius 1 is 1.16 bits per heavy atom. The number of aliphatic imine (C=N–C) groups is 1. The van der Waals surface area contributed by atoms with Crippen LogP contribution in [0.2, 0.25) is 0 Å². The summed E-state index contributed by atoms with van der Waals surface area (Å²) in [5.41, 5.74) is 2.44. The number of nitrogens with zero attached hydrogens (tertiary/aromatic N) is 4. The van der Waals surface area contributed by atoms with Crippen molar-refractivity contribution < 1.29 is 9.59 Å². The van der Waals surface area contributed by atoms with E-state index in [0.717, 1.165) is 11.3 Å². The van der Waals surface area contributed by atoms with Gasteiger partial charge in [-0.2, -0.15) is 0 Å². The molecule has 0 saturated carbocycles. The Balaban J connectivity index is 1.71. The maximum Gasteiger partial charge on any atom is 0.276 e. The first-order valence-electron chi connectivity index (χ1n) is 8.33. The predicted molar refractivity (Wildman–Crippen MR) is 98.2 cm³/mol. The SMILES string of the molecule is CC(=O)N1CCN(C2=NC(=Cc3ccc(N(C)C)cc3)C(=O)N2)CC1. The molecule has 1 aromatic rings. The molecule has 0 radical (unpaired) electrons. The van der Waals surface area contributed by atoms with E-state index in [-0.39, 0.29) is 11.8 Å². The van der Waals surface area contributed by atoms with E-state index in [1.807, 2.05) is 48.2 Å². The summed E-state index contributed by atoms with van der Waals surface area (Å²) >= 11 is 0. The van der Waals surface area contributed by atoms with Gasteiger partial charge < -0.3 is 14.7 Å². The third-order valence-electron chi connectivity index (χ3n) is 4.42. The Bertz CT molecular complexity index is 728. The van der Waals surface area contributed by atoms with E-state index >= 15 is 0 Å². The van der Waals surface area contributed by atoms with Crippen molar-refractivity contribution in [3.63, 3.8) is 0 Å². The predicted octanol–water partition coefficient (Wildman–Crippen LogP) is 0.743. The number of carbonyl (C=O) groups is 2. The number of hydrogen-bond acceptors (Lipinski definition) is 5. The van der Waals surface area contributed by atoms with Crippen LogP contribution in [-0.2, 0) is 9.59 Å². The average Bonchev–Trinajstić information content (AvgIpc) is 2.96. The van der Waals surface area contributed by atoms with E-state index in [1.165, 1.54) is 0 Å². The summed E-state index contributed by atoms with van der Waals surface area (Å²) in [5.74, 6) is 0.462. The molecule has 2 aliphatic rings. The Kier molecular flexibility index (Phi) is 4.74. The fourth-order valence-electron chi connectivity index (χ4n) is 2.87. The average molecular weight is 341 g/mol. The number of rotatable bonds is 2. The number of amides is 2. The third kappa shape index (κ3) is 3.81. The Hall–Kier alpha value is -2.83. The molecule has 2 heterocycles. The number of benzene rings is 1. The van der Waals surface area contributed by atoms with Crippen molar-refractivity contribution in [2.45, 2.75) is 6.92 Å². The third-order valence-corrected chi connectivity index (χ3v) is 4.42. The molecule has 1 fully saturated rings. The van der Waals surface area contributed by atoms with Gasteiger partial charge in [-0.3, -0.25) is 14.9 Å². The second kappa shape index (κ2) is 6.96. The molecule has 7 heteroatoms. The van der Waals surface area contributed by atoms with Crippen LogP contribution < -0.4 is 10.2 Å². The van der Waals surface area contributed by atoms with Gasteiger partial charge in [0.05, 0.1) is 0 Å². The maximum atomic E-state index is 12.2. The summed E-state index contributed by atoms with van der Waals surface area (Å²) in [5, 5.41) is 2.82. The highest BCUT2D eigenvalue weighted by molar-refractivity contribution is 6.13. The second-order valence-corrected chi connectivity index (χ2v) is 6.40. The molecule has 1 N–H and O–H groups in total. The molecule has 2 aliphatic heterocycles. The minimum atomic E-state index is -0.194. The van der Waals surface area contributed by atoms with E-state index in [9.17, 15) is 9.59 Å². The van der Waals surface area contributed by atoms with Crippen LogP contribution in [-0.4, -0.2) is 67.8 Å². The molecule has 2 amide bonds. The highest BCUT2D eigenvalue weighted by Crippen LogP contribution is 2.17. The molecule has 0 spiro atoms. The van der Waals surface area contributed by atoms with Crippen LogP contribution in [0.5, 0.6) is 0 Å². The van der Waals surface area contributed by atoms with Gasteiger partial charge in [0, 0.05) is 52.9 Å². The van der Waals surface area contributed by atoms with Crippen molar-refractivity contribution in [2.24, 2.45) is 4.99 Å². The first-order chi connectivity index (χ1) is 11.9. The fourth-order valence-corrected chi connectivity index (χ4v) is 2.87. The molecule has 1 aromatic carbocycles. The Labute approximate surface area is 147 Å². The first kappa shape index (κ1) is 17.0. The number of anilines is 1. The van der Waals surface area contributed by atoms with Crippen LogP contribution in [0.25, 0.3) is 6.08 Å². The normalized spacial score (nSPS) is 19.1. The van der Waals surface area contributed by atoms with Crippen molar-refractivity contribution in [3.05, 3.63) is 35.5 Å². The minimum Gasteiger partial charge on any atom is -0.378 e. The maximum absolute atomic E-state index is 12.2. The monoisotopic (exact) mass is 341 g/mol. The smallest absolute Gasteiger partial charge is 0.276 e. The molecule has 0 unspecified atom stereocenters. The standard InChI is InChI=1S/C18H23N5O2/c1-13(24)22-8-10-23(11-9-22)18-19-16(17(25)20-18)12-14-4-6-15(7-5-14)21(2)3/h4-7,12H,8-11H2,1-3H3,(H,19,20,25). The van der Waals surface area contributed by atoms with E-state index < -0.39 is 0 Å². The van der Waals surface area contributed by atoms with Gasteiger partial charge in [-0.1, -0.05) is 12.1 Å². The van der Waals surface area contributed by atoms with Crippen LogP contribution in [0.3, 0.4) is 0 Å². The lowest BCUT2D eigenvalue weighted by atomic mass is 10.1. The lowest BCUT2D eigenvalue weighted by Gasteiger charge is -2.34. The van der Waals surface area contributed by atoms with E-state index in [0.29, 0.717) is 37.8 Å². The molecule has 3 rings (SSSR count). The Morgan fingerprint density at radius 3 is 2.36 bits per heavy atom. The van der Waals surface area contributed by atoms with Crippen LogP contribution in [0, 0.1) is 0 Å². The summed E-state index contributed by atoms with van der Waals surface area (Å²) < 4.78 is 0. The lowest BCUT2D eigenvalue weighted by molar-refractivity contribution is -0.130. The van der Waals surface area contributed by atoms with E-state index in [4.69, 9.17) is 0 Å². The zero-order valence-electron chi connectivity index (χ0n) is 14.8. The van der Waals surface area contributed by atoms with Crippen molar-refractivity contribution >= 4 is 29.5 Å². The topological polar surface area (TPSA) is 68.2 Å². The zero-order valence-corrected chi connectivity index (χ0v) is 14.8. The van der Waals surface area contributed by atoms with Gasteiger partial charge in [-0.15, -0.1) is 0 Å². The van der Waals surface area contributed by atoms with Crippen molar-refractivity contribution in [1.82, 2.24) is 15.1 Å². The van der Waals surface area contributed by atoms with Gasteiger partial charge >= 0.3 is 0 Å². The first-order valence-corrected chi connectivity index (χ1v) is 8.33. The van der Waals surface area contributed by atoms with Crippen molar-refractivity contribution in [3.8, 4) is 0 Å². The number of hydrogen-bond donors (Lipinski definition) is 1. The Morgan fingerprint density at radius 2 is 1.80 bits per heavy atom. The highest BCUT2D eigenvalue weighted by Gasteiger charge is 2.27. The molecular formula is C18H23N5O2. The van der Waals surface area contributed by atoms with Gasteiger partial charge in [-0.05, 0) is 23.8 Å². The lowest BCUT2D eigenvalue weighted by Crippen LogP contribution is -2.52. The van der Waals surface area contributed by atoms with Gasteiger partial charge in [-0.25, -0.2) is 4.99 Å². The molecule has 1 saturated heterocycles. The second-order valence-electron chi connectivity index (χ2n) is 6.40. The molecular weight excluding hydrogens is 318 g/mol. The molecule has 25 heavy (non-hydrogen) atoms. The number of piperazine rings is 1. The van der Waals surface area contributed by atoms with Crippen molar-refractivity contribution in [1.29, 1.82) is 0 Å². The molecule has 0 bridgehead atoms. The molecule has 0 atom stereocenters. The van der Waals surface area contributed by atoms with Crippen LogP contribution in [0.4, 0.5) is 5.69 Å². The quantitative estimate of drug-likeness (QED) is 0.806. The van der Waals surface area contributed by atoms with E-state index in [2.05, 4.69) is 10.3 Å². The van der Waals surface area contributed by atoms with Gasteiger partial charge in [0.2, 0.25) is 11.9 Å². The summed E-state index contributed by atoms with van der Waals surface area (Å²) in [6, 6.07) is 7.94. The number of carbonyl (C=O) groups excluding carboxylic acids is 2. The highest BCUT2D eigenvalue weighted by atomic mass is 16.2. The zero-order chi connectivity index (χ0) is 18.0. The molecule has 7 nitrogen and oxygen atoms in total. The van der Waals surface area contributed by atoms with Gasteiger partial charge in [0.25, 0.3) is 5.91 Å². The van der Waals surface area contributed by atoms with Crippen LogP contribution >= 0.6 is 0 Å². The fraction of sp³-hybridized carbons (Fsp3) is 0.389. The van der Waals surface area contributed by atoms with Crippen LogP contribution in [0.1, 0.15) is 12.5 Å². The molecule has 132 valence electrons. The number of guanidine groups is 1. The number of nitrogens with one attached hydrogen (secondary N) is 1. The largest absolute Gasteiger partial charge is 0.378 e. The van der Waals surface area contributed by atoms with Gasteiger partial charge in [0.15, 0.2) is 0 Å². The summed E-state index contributed by atoms with van der Waals surface area (Å²) in [6.07, 6.45) is 1.79. The summed E-state index contributed by atoms with van der Waals surface area (Å²) in [6.45, 7) is 4.21. The van der Waals surface area contributed by atoms with Crippen molar-refractivity contribution in [2.75, 3.05) is 45.2 Å². The van der Waals surface area contributed by atoms with E-state index in [1.54, 1.807) is 17.9 Å². The van der Waals surface area contributed by atoms with Crippen LogP contribution in [0.15, 0.2) is 35.0 Å².